The second kappa shape index (κ2) is 8.15. The van der Waals surface area contributed by atoms with Gasteiger partial charge in [-0.2, -0.15) is 5.10 Å². The zero-order chi connectivity index (χ0) is 17.5. The summed E-state index contributed by atoms with van der Waals surface area (Å²) >= 11 is 0. The van der Waals surface area contributed by atoms with E-state index >= 15 is 0 Å². The fourth-order valence-corrected chi connectivity index (χ4v) is 2.15. The molecule has 0 saturated carbocycles. The van der Waals surface area contributed by atoms with Gasteiger partial charge < -0.3 is 9.47 Å². The van der Waals surface area contributed by atoms with E-state index in [1.165, 1.54) is 0 Å². The number of amides is 1. The number of ether oxygens (including phenoxy) is 2. The van der Waals surface area contributed by atoms with E-state index in [1.54, 1.807) is 25.5 Å². The Balaban J connectivity index is 2.05. The number of hydrogen-bond donors (Lipinski definition) is 1. The lowest BCUT2D eigenvalue weighted by atomic mass is 10.1. The Labute approximate surface area is 142 Å². The SMILES string of the molecule is CCOc1ccc(C=NNC(=O)c2ccc(C)c(C)c2)cc1OC. The zero-order valence-electron chi connectivity index (χ0n) is 14.4. The minimum absolute atomic E-state index is 0.243. The lowest BCUT2D eigenvalue weighted by Crippen LogP contribution is -2.17. The molecule has 5 nitrogen and oxygen atoms in total. The van der Waals surface area contributed by atoms with Crippen LogP contribution >= 0.6 is 0 Å². The maximum Gasteiger partial charge on any atom is 0.271 e. The number of carbonyl (C=O) groups excluding carboxylic acids is 1. The summed E-state index contributed by atoms with van der Waals surface area (Å²) in [6.07, 6.45) is 1.57. The van der Waals surface area contributed by atoms with Crippen molar-refractivity contribution in [1.29, 1.82) is 0 Å². The summed E-state index contributed by atoms with van der Waals surface area (Å²) in [7, 11) is 1.58. The summed E-state index contributed by atoms with van der Waals surface area (Å²) in [4.78, 5) is 12.1. The number of benzene rings is 2. The quantitative estimate of drug-likeness (QED) is 0.653. The van der Waals surface area contributed by atoms with E-state index in [1.807, 2.05) is 45.0 Å². The van der Waals surface area contributed by atoms with Gasteiger partial charge >= 0.3 is 0 Å². The molecule has 0 spiro atoms. The number of carbonyl (C=O) groups is 1. The van der Waals surface area contributed by atoms with Crippen LogP contribution in [0.15, 0.2) is 41.5 Å². The van der Waals surface area contributed by atoms with E-state index in [0.717, 1.165) is 16.7 Å². The zero-order valence-corrected chi connectivity index (χ0v) is 14.4. The van der Waals surface area contributed by atoms with Crippen LogP contribution in [0.4, 0.5) is 0 Å². The van der Waals surface area contributed by atoms with Gasteiger partial charge in [-0.3, -0.25) is 4.79 Å². The van der Waals surface area contributed by atoms with E-state index in [-0.39, 0.29) is 5.91 Å². The maximum absolute atomic E-state index is 12.1. The van der Waals surface area contributed by atoms with Gasteiger partial charge in [-0.25, -0.2) is 5.43 Å². The molecular weight excluding hydrogens is 304 g/mol. The maximum atomic E-state index is 12.1. The number of rotatable bonds is 6. The number of hydrazone groups is 1. The molecule has 1 amide bonds. The molecule has 24 heavy (non-hydrogen) atoms. The van der Waals surface area contributed by atoms with E-state index in [9.17, 15) is 4.79 Å². The molecule has 0 aliphatic heterocycles. The predicted octanol–water partition coefficient (Wildman–Crippen LogP) is 3.47. The summed E-state index contributed by atoms with van der Waals surface area (Å²) in [5.41, 5.74) is 6.14. The third kappa shape index (κ3) is 4.35. The van der Waals surface area contributed by atoms with Gasteiger partial charge in [0.1, 0.15) is 0 Å². The van der Waals surface area contributed by atoms with Crippen molar-refractivity contribution in [3.63, 3.8) is 0 Å². The fourth-order valence-electron chi connectivity index (χ4n) is 2.15. The first-order valence-corrected chi connectivity index (χ1v) is 7.76. The Bertz CT molecular complexity index is 754. The first-order valence-electron chi connectivity index (χ1n) is 7.76. The molecule has 2 aromatic carbocycles. The number of nitrogens with zero attached hydrogens (tertiary/aromatic N) is 1. The van der Waals surface area contributed by atoms with Gasteiger partial charge in [0.25, 0.3) is 5.91 Å². The van der Waals surface area contributed by atoms with Crippen molar-refractivity contribution in [1.82, 2.24) is 5.43 Å². The van der Waals surface area contributed by atoms with Gasteiger partial charge in [0.15, 0.2) is 11.5 Å². The largest absolute Gasteiger partial charge is 0.493 e. The molecule has 0 atom stereocenters. The lowest BCUT2D eigenvalue weighted by Gasteiger charge is -2.09. The van der Waals surface area contributed by atoms with Crippen molar-refractivity contribution in [2.75, 3.05) is 13.7 Å². The minimum atomic E-state index is -0.243. The Hall–Kier alpha value is -2.82. The van der Waals surface area contributed by atoms with Crippen molar-refractivity contribution >= 4 is 12.1 Å². The summed E-state index contributed by atoms with van der Waals surface area (Å²) in [6.45, 7) is 6.46. The Morgan fingerprint density at radius 3 is 2.58 bits per heavy atom. The highest BCUT2D eigenvalue weighted by atomic mass is 16.5. The van der Waals surface area contributed by atoms with Crippen LogP contribution in [-0.2, 0) is 0 Å². The Morgan fingerprint density at radius 1 is 1.12 bits per heavy atom. The van der Waals surface area contributed by atoms with Crippen LogP contribution in [0.2, 0.25) is 0 Å². The standard InChI is InChI=1S/C19H22N2O3/c1-5-24-17-9-7-15(11-18(17)23-4)12-20-21-19(22)16-8-6-13(2)14(3)10-16/h6-12H,5H2,1-4H3,(H,21,22). The van der Waals surface area contributed by atoms with Gasteiger partial charge in [-0.15, -0.1) is 0 Å². The summed E-state index contributed by atoms with van der Waals surface area (Å²) in [5, 5.41) is 4.00. The van der Waals surface area contributed by atoms with Crippen LogP contribution in [0.1, 0.15) is 34.0 Å². The third-order valence-electron chi connectivity index (χ3n) is 3.64. The van der Waals surface area contributed by atoms with Crippen molar-refractivity contribution in [3.05, 3.63) is 58.7 Å². The van der Waals surface area contributed by atoms with E-state index < -0.39 is 0 Å². The molecule has 0 unspecified atom stereocenters. The highest BCUT2D eigenvalue weighted by Gasteiger charge is 2.06. The number of hydrogen-bond acceptors (Lipinski definition) is 4. The van der Waals surface area contributed by atoms with Crippen LogP contribution in [0, 0.1) is 13.8 Å². The van der Waals surface area contributed by atoms with Gasteiger partial charge in [-0.05, 0) is 67.8 Å². The lowest BCUT2D eigenvalue weighted by molar-refractivity contribution is 0.0955. The summed E-state index contributed by atoms with van der Waals surface area (Å²) in [5.74, 6) is 1.06. The Morgan fingerprint density at radius 2 is 1.92 bits per heavy atom. The smallest absolute Gasteiger partial charge is 0.271 e. The molecule has 0 radical (unpaired) electrons. The van der Waals surface area contributed by atoms with E-state index in [2.05, 4.69) is 10.5 Å². The van der Waals surface area contributed by atoms with Crippen LogP contribution in [0.25, 0.3) is 0 Å². The van der Waals surface area contributed by atoms with Gasteiger partial charge in [-0.1, -0.05) is 6.07 Å². The minimum Gasteiger partial charge on any atom is -0.493 e. The average Bonchev–Trinajstić information content (AvgIpc) is 2.58. The van der Waals surface area contributed by atoms with E-state index in [0.29, 0.717) is 23.7 Å². The molecule has 0 aliphatic carbocycles. The van der Waals surface area contributed by atoms with Crippen molar-refractivity contribution < 1.29 is 14.3 Å². The molecule has 2 rings (SSSR count). The highest BCUT2D eigenvalue weighted by Crippen LogP contribution is 2.27. The van der Waals surface area contributed by atoms with Gasteiger partial charge in [0.2, 0.25) is 0 Å². The summed E-state index contributed by atoms with van der Waals surface area (Å²) in [6, 6.07) is 11.0. The van der Waals surface area contributed by atoms with Crippen molar-refractivity contribution in [3.8, 4) is 11.5 Å². The molecule has 0 fully saturated rings. The first kappa shape index (κ1) is 17.5. The van der Waals surface area contributed by atoms with Crippen molar-refractivity contribution in [2.45, 2.75) is 20.8 Å². The number of aryl methyl sites for hydroxylation is 2. The second-order valence-corrected chi connectivity index (χ2v) is 5.34. The molecule has 2 aromatic rings. The van der Waals surface area contributed by atoms with Crippen molar-refractivity contribution in [2.24, 2.45) is 5.10 Å². The third-order valence-corrected chi connectivity index (χ3v) is 3.64. The number of methoxy groups -OCH3 is 1. The molecule has 0 aromatic heterocycles. The van der Waals surface area contributed by atoms with Crippen LogP contribution in [0.3, 0.4) is 0 Å². The van der Waals surface area contributed by atoms with Crippen LogP contribution in [0.5, 0.6) is 11.5 Å². The predicted molar refractivity (Wildman–Crippen MR) is 95.1 cm³/mol. The average molecular weight is 326 g/mol. The molecular formula is C19H22N2O3. The van der Waals surface area contributed by atoms with E-state index in [4.69, 9.17) is 9.47 Å². The molecule has 0 heterocycles. The highest BCUT2D eigenvalue weighted by molar-refractivity contribution is 5.95. The molecule has 0 aliphatic rings. The topological polar surface area (TPSA) is 59.9 Å². The normalized spacial score (nSPS) is 10.7. The monoisotopic (exact) mass is 326 g/mol. The van der Waals surface area contributed by atoms with Crippen LogP contribution < -0.4 is 14.9 Å². The first-order chi connectivity index (χ1) is 11.5. The van der Waals surface area contributed by atoms with Crippen LogP contribution in [-0.4, -0.2) is 25.8 Å². The van der Waals surface area contributed by atoms with Gasteiger partial charge in [0.05, 0.1) is 19.9 Å². The molecule has 0 saturated heterocycles. The molecule has 5 heteroatoms. The second-order valence-electron chi connectivity index (χ2n) is 5.34. The molecule has 126 valence electrons. The van der Waals surface area contributed by atoms with Gasteiger partial charge in [0, 0.05) is 5.56 Å². The fraction of sp³-hybridized carbons (Fsp3) is 0.263. The molecule has 1 N–H and O–H groups in total. The summed E-state index contributed by atoms with van der Waals surface area (Å²) < 4.78 is 10.8. The molecule has 0 bridgehead atoms. The Kier molecular flexibility index (Phi) is 5.95. The number of nitrogens with one attached hydrogen (secondary N) is 1.